The van der Waals surface area contributed by atoms with Crippen molar-refractivity contribution in [1.82, 2.24) is 10.4 Å². The minimum Gasteiger partial charge on any atom is -0.288 e. The number of benzene rings is 2. The van der Waals surface area contributed by atoms with Crippen LogP contribution in [-0.4, -0.2) is 23.6 Å². The van der Waals surface area contributed by atoms with Crippen molar-refractivity contribution in [2.75, 3.05) is 6.54 Å². The smallest absolute Gasteiger partial charge is 0.288 e. The lowest BCUT2D eigenvalue weighted by atomic mass is 9.82. The number of alkyl halides is 3. The number of nitrogens with zero attached hydrogens (tertiary/aromatic N) is 1. The van der Waals surface area contributed by atoms with E-state index in [1.165, 1.54) is 0 Å². The molecule has 1 saturated heterocycles. The van der Waals surface area contributed by atoms with E-state index in [9.17, 15) is 18.0 Å². The molecule has 0 radical (unpaired) electrons. The predicted molar refractivity (Wildman–Crippen MR) is 90.9 cm³/mol. The lowest BCUT2D eigenvalue weighted by Crippen LogP contribution is -2.43. The van der Waals surface area contributed by atoms with Gasteiger partial charge in [-0.15, -0.1) is 0 Å². The van der Waals surface area contributed by atoms with Gasteiger partial charge in [-0.25, -0.2) is 5.01 Å². The van der Waals surface area contributed by atoms with Crippen LogP contribution in [0.1, 0.15) is 44.4 Å². The maximum absolute atomic E-state index is 13.9. The first kappa shape index (κ1) is 17.7. The molecule has 0 aliphatic carbocycles. The first-order valence-corrected chi connectivity index (χ1v) is 8.24. The van der Waals surface area contributed by atoms with Crippen LogP contribution < -0.4 is 5.43 Å². The molecular weight excluding hydrogens is 329 g/mol. The number of hydrogen-bond acceptors (Lipinski definition) is 2. The van der Waals surface area contributed by atoms with Crippen LogP contribution in [0.2, 0.25) is 0 Å². The number of fused-ring (bicyclic) bond motifs is 1. The fourth-order valence-corrected chi connectivity index (χ4v) is 3.42. The maximum Gasteiger partial charge on any atom is 0.409 e. The molecule has 1 aliphatic heterocycles. The highest BCUT2D eigenvalue weighted by molar-refractivity contribution is 5.90. The van der Waals surface area contributed by atoms with Gasteiger partial charge in [0, 0.05) is 13.0 Å². The Labute approximate surface area is 144 Å². The number of rotatable bonds is 2. The van der Waals surface area contributed by atoms with E-state index < -0.39 is 12.2 Å². The highest BCUT2D eigenvalue weighted by Crippen LogP contribution is 2.42. The van der Waals surface area contributed by atoms with Crippen LogP contribution >= 0.6 is 0 Å². The molecule has 134 valence electrons. The molecule has 1 aliphatic rings. The van der Waals surface area contributed by atoms with Gasteiger partial charge in [-0.3, -0.25) is 10.2 Å². The zero-order valence-electron chi connectivity index (χ0n) is 14.4. The summed E-state index contributed by atoms with van der Waals surface area (Å²) in [6, 6.07) is 8.61. The van der Waals surface area contributed by atoms with Gasteiger partial charge in [-0.05, 0) is 27.3 Å². The van der Waals surface area contributed by atoms with Crippen LogP contribution in [0.15, 0.2) is 36.4 Å². The van der Waals surface area contributed by atoms with Crippen molar-refractivity contribution in [3.63, 3.8) is 0 Å². The largest absolute Gasteiger partial charge is 0.409 e. The average Bonchev–Trinajstić information content (AvgIpc) is 2.91. The van der Waals surface area contributed by atoms with Crippen molar-refractivity contribution in [2.45, 2.75) is 44.8 Å². The van der Waals surface area contributed by atoms with E-state index >= 15 is 0 Å². The van der Waals surface area contributed by atoms with E-state index in [2.05, 4.69) is 5.43 Å². The molecule has 1 N–H and O–H groups in total. The van der Waals surface area contributed by atoms with Crippen molar-refractivity contribution in [1.29, 1.82) is 0 Å². The predicted octanol–water partition coefficient (Wildman–Crippen LogP) is 4.48. The second kappa shape index (κ2) is 6.02. The molecule has 25 heavy (non-hydrogen) atoms. The van der Waals surface area contributed by atoms with E-state index in [4.69, 9.17) is 0 Å². The third kappa shape index (κ3) is 3.35. The molecule has 2 aromatic rings. The van der Waals surface area contributed by atoms with Gasteiger partial charge in [0.2, 0.25) is 5.91 Å². The molecule has 1 unspecified atom stereocenters. The first-order valence-electron chi connectivity index (χ1n) is 8.24. The Hall–Kier alpha value is -2.08. The summed E-state index contributed by atoms with van der Waals surface area (Å²) in [6.45, 7) is 6.15. The third-order valence-corrected chi connectivity index (χ3v) is 4.53. The Morgan fingerprint density at radius 2 is 1.68 bits per heavy atom. The highest BCUT2D eigenvalue weighted by Gasteiger charge is 2.47. The molecular formula is C19H21F3N2O. The summed E-state index contributed by atoms with van der Waals surface area (Å²) in [4.78, 5) is 11.4. The fourth-order valence-electron chi connectivity index (χ4n) is 3.42. The number of carbonyl (C=O) groups excluding carboxylic acids is 1. The molecule has 0 bridgehead atoms. The highest BCUT2D eigenvalue weighted by atomic mass is 19.4. The molecule has 0 saturated carbocycles. The molecule has 3 rings (SSSR count). The van der Waals surface area contributed by atoms with Crippen LogP contribution in [0.4, 0.5) is 13.2 Å². The van der Waals surface area contributed by atoms with Crippen molar-refractivity contribution in [3.05, 3.63) is 47.5 Å². The number of nitrogens with one attached hydrogen (secondary N) is 1. The second-order valence-electron chi connectivity index (χ2n) is 7.42. The first-order chi connectivity index (χ1) is 11.6. The van der Waals surface area contributed by atoms with Crippen LogP contribution in [0.5, 0.6) is 0 Å². The van der Waals surface area contributed by atoms with Crippen molar-refractivity contribution < 1.29 is 18.0 Å². The quantitative estimate of drug-likeness (QED) is 0.866. The van der Waals surface area contributed by atoms with Crippen molar-refractivity contribution in [3.8, 4) is 0 Å². The lowest BCUT2D eigenvalue weighted by Gasteiger charge is -2.31. The summed E-state index contributed by atoms with van der Waals surface area (Å²) in [5.41, 5.74) is 3.32. The molecule has 1 heterocycles. The monoisotopic (exact) mass is 350 g/mol. The minimum absolute atomic E-state index is 0.0400. The Morgan fingerprint density at radius 3 is 2.20 bits per heavy atom. The Morgan fingerprint density at radius 1 is 1.04 bits per heavy atom. The van der Waals surface area contributed by atoms with E-state index in [1.54, 1.807) is 24.3 Å². The number of hydrazine groups is 1. The lowest BCUT2D eigenvalue weighted by molar-refractivity contribution is -0.190. The summed E-state index contributed by atoms with van der Waals surface area (Å²) >= 11 is 0. The van der Waals surface area contributed by atoms with Gasteiger partial charge in [-0.1, -0.05) is 57.2 Å². The van der Waals surface area contributed by atoms with Crippen molar-refractivity contribution in [2.24, 2.45) is 0 Å². The summed E-state index contributed by atoms with van der Waals surface area (Å²) in [5.74, 6) is -0.384. The molecule has 1 fully saturated rings. The standard InChI is InChI=1S/C19H21F3N2O/c1-18(2,3)15-9-8-14(12-6-4-5-7-13(12)15)17(19(20,21)22)24-11-10-16(25)23-24/h4-9,17H,10-11H2,1-3H3,(H,23,25). The van der Waals surface area contributed by atoms with Crippen molar-refractivity contribution >= 4 is 16.7 Å². The topological polar surface area (TPSA) is 32.3 Å². The van der Waals surface area contributed by atoms with Crippen LogP contribution in [-0.2, 0) is 10.2 Å². The van der Waals surface area contributed by atoms with Gasteiger partial charge in [-0.2, -0.15) is 13.2 Å². The third-order valence-electron chi connectivity index (χ3n) is 4.53. The van der Waals surface area contributed by atoms with Gasteiger partial charge in [0.1, 0.15) is 0 Å². The van der Waals surface area contributed by atoms with Gasteiger partial charge >= 0.3 is 6.18 Å². The summed E-state index contributed by atoms with van der Waals surface area (Å²) in [6.07, 6.45) is -4.42. The molecule has 0 aromatic heterocycles. The second-order valence-corrected chi connectivity index (χ2v) is 7.42. The minimum atomic E-state index is -4.50. The van der Waals surface area contributed by atoms with Gasteiger partial charge in [0.25, 0.3) is 0 Å². The number of hydrogen-bond donors (Lipinski definition) is 1. The zero-order chi connectivity index (χ0) is 18.4. The van der Waals surface area contributed by atoms with Crippen LogP contribution in [0.25, 0.3) is 10.8 Å². The molecule has 2 aromatic carbocycles. The van der Waals surface area contributed by atoms with Gasteiger partial charge < -0.3 is 0 Å². The molecule has 3 nitrogen and oxygen atoms in total. The molecule has 0 spiro atoms. The number of halogens is 3. The Balaban J connectivity index is 2.21. The average molecular weight is 350 g/mol. The summed E-state index contributed by atoms with van der Waals surface area (Å²) in [7, 11) is 0. The van der Waals surface area contributed by atoms with E-state index in [0.29, 0.717) is 5.39 Å². The summed E-state index contributed by atoms with van der Waals surface area (Å²) < 4.78 is 41.6. The van der Waals surface area contributed by atoms with Gasteiger partial charge in [0.15, 0.2) is 6.04 Å². The molecule has 1 atom stereocenters. The summed E-state index contributed by atoms with van der Waals surface area (Å²) in [5, 5.41) is 2.38. The number of carbonyl (C=O) groups is 1. The zero-order valence-corrected chi connectivity index (χ0v) is 14.4. The number of amides is 1. The Kier molecular flexibility index (Phi) is 4.27. The normalized spacial score (nSPS) is 17.8. The van der Waals surface area contributed by atoms with E-state index in [-0.39, 0.29) is 29.9 Å². The van der Waals surface area contributed by atoms with E-state index in [1.807, 2.05) is 32.9 Å². The Bertz CT molecular complexity index is 808. The van der Waals surface area contributed by atoms with Gasteiger partial charge in [0.05, 0.1) is 0 Å². The molecule has 1 amide bonds. The SMILES string of the molecule is CC(C)(C)c1ccc(C(N2CCC(=O)N2)C(F)(F)F)c2ccccc12. The van der Waals surface area contributed by atoms with E-state index in [0.717, 1.165) is 16.0 Å². The fraction of sp³-hybridized carbons (Fsp3) is 0.421. The van der Waals surface area contributed by atoms with Crippen LogP contribution in [0.3, 0.4) is 0 Å². The maximum atomic E-state index is 13.9. The molecule has 6 heteroatoms. The van der Waals surface area contributed by atoms with Crippen LogP contribution in [0, 0.1) is 0 Å².